The Labute approximate surface area is 144 Å². The molecule has 0 radical (unpaired) electrons. The average Bonchev–Trinajstić information content (AvgIpc) is 2.51. The van der Waals surface area contributed by atoms with Crippen LogP contribution in [0.1, 0.15) is 33.4 Å². The van der Waals surface area contributed by atoms with Crippen molar-refractivity contribution in [3.63, 3.8) is 0 Å². The molecular formula is C17H28N4O3. The Morgan fingerprint density at radius 2 is 2.08 bits per heavy atom. The summed E-state index contributed by atoms with van der Waals surface area (Å²) in [5.74, 6) is 0.896. The van der Waals surface area contributed by atoms with Gasteiger partial charge in [-0.15, -0.1) is 0 Å². The quantitative estimate of drug-likeness (QED) is 0.839. The minimum atomic E-state index is -0.472. The van der Waals surface area contributed by atoms with Crippen LogP contribution < -0.4 is 4.90 Å². The van der Waals surface area contributed by atoms with Crippen molar-refractivity contribution in [2.45, 2.75) is 45.8 Å². The lowest BCUT2D eigenvalue weighted by Gasteiger charge is -2.40. The van der Waals surface area contributed by atoms with E-state index in [4.69, 9.17) is 9.47 Å². The second-order valence-corrected chi connectivity index (χ2v) is 7.08. The molecule has 1 aliphatic rings. The molecule has 1 fully saturated rings. The van der Waals surface area contributed by atoms with Crippen LogP contribution in [0, 0.1) is 0 Å². The Kier molecular flexibility index (Phi) is 5.99. The van der Waals surface area contributed by atoms with Crippen LogP contribution in [0.3, 0.4) is 0 Å². The predicted octanol–water partition coefficient (Wildman–Crippen LogP) is 2.11. The van der Waals surface area contributed by atoms with Crippen LogP contribution >= 0.6 is 0 Å². The van der Waals surface area contributed by atoms with Gasteiger partial charge in [-0.05, 0) is 27.7 Å². The van der Waals surface area contributed by atoms with Crippen molar-refractivity contribution in [1.29, 1.82) is 0 Å². The van der Waals surface area contributed by atoms with E-state index in [-0.39, 0.29) is 12.1 Å². The third kappa shape index (κ3) is 5.06. The fourth-order valence-corrected chi connectivity index (χ4v) is 2.68. The number of carbonyl (C=O) groups is 1. The molecule has 0 spiro atoms. The zero-order chi connectivity index (χ0) is 17.7. The Hall–Kier alpha value is -1.89. The third-order valence-electron chi connectivity index (χ3n) is 3.85. The van der Waals surface area contributed by atoms with Crippen molar-refractivity contribution >= 4 is 11.9 Å². The summed E-state index contributed by atoms with van der Waals surface area (Å²) in [6.45, 7) is 10.3. The van der Waals surface area contributed by atoms with Crippen LogP contribution in [0.5, 0.6) is 0 Å². The van der Waals surface area contributed by atoms with Crippen molar-refractivity contribution in [2.75, 3.05) is 38.3 Å². The SMILES string of the molecule is COCCc1cc(N2CCN(C(=O)OC(C)(C)C)C[C@H]2C)ncn1. The van der Waals surface area contributed by atoms with Crippen LogP contribution in [-0.4, -0.2) is 66.0 Å². The molecule has 0 aliphatic carbocycles. The molecule has 1 aromatic heterocycles. The summed E-state index contributed by atoms with van der Waals surface area (Å²) in [6.07, 6.45) is 2.10. The van der Waals surface area contributed by atoms with Gasteiger partial charge >= 0.3 is 6.09 Å². The predicted molar refractivity (Wildman–Crippen MR) is 92.2 cm³/mol. The summed E-state index contributed by atoms with van der Waals surface area (Å²) in [4.78, 5) is 24.9. The summed E-state index contributed by atoms with van der Waals surface area (Å²) in [5.41, 5.74) is 0.490. The zero-order valence-electron chi connectivity index (χ0n) is 15.3. The van der Waals surface area contributed by atoms with Crippen molar-refractivity contribution in [1.82, 2.24) is 14.9 Å². The summed E-state index contributed by atoms with van der Waals surface area (Å²) >= 11 is 0. The van der Waals surface area contributed by atoms with Gasteiger partial charge in [0.2, 0.25) is 0 Å². The largest absolute Gasteiger partial charge is 0.444 e. The first-order valence-electron chi connectivity index (χ1n) is 8.34. The minimum absolute atomic E-state index is 0.163. The molecule has 1 saturated heterocycles. The number of nitrogens with zero attached hydrogens (tertiary/aromatic N) is 4. The zero-order valence-corrected chi connectivity index (χ0v) is 15.3. The molecule has 7 nitrogen and oxygen atoms in total. The summed E-state index contributed by atoms with van der Waals surface area (Å²) in [6, 6.07) is 2.16. The van der Waals surface area contributed by atoms with Gasteiger partial charge in [-0.3, -0.25) is 0 Å². The number of methoxy groups -OCH3 is 1. The van der Waals surface area contributed by atoms with Crippen LogP contribution in [0.2, 0.25) is 0 Å². The monoisotopic (exact) mass is 336 g/mol. The molecule has 2 heterocycles. The normalized spacial score (nSPS) is 18.6. The van der Waals surface area contributed by atoms with Gasteiger partial charge in [-0.1, -0.05) is 0 Å². The summed E-state index contributed by atoms with van der Waals surface area (Å²) < 4.78 is 10.6. The van der Waals surface area contributed by atoms with Crippen molar-refractivity contribution in [3.05, 3.63) is 18.1 Å². The highest BCUT2D eigenvalue weighted by Crippen LogP contribution is 2.20. The van der Waals surface area contributed by atoms with Gasteiger partial charge in [0.15, 0.2) is 0 Å². The lowest BCUT2D eigenvalue weighted by Crippen LogP contribution is -2.54. The molecule has 1 atom stereocenters. The average molecular weight is 336 g/mol. The van der Waals surface area contributed by atoms with Crippen LogP contribution in [0.25, 0.3) is 0 Å². The molecule has 0 unspecified atom stereocenters. The fourth-order valence-electron chi connectivity index (χ4n) is 2.68. The molecule has 134 valence electrons. The third-order valence-corrected chi connectivity index (χ3v) is 3.85. The Morgan fingerprint density at radius 3 is 2.71 bits per heavy atom. The van der Waals surface area contributed by atoms with E-state index in [2.05, 4.69) is 21.8 Å². The highest BCUT2D eigenvalue weighted by Gasteiger charge is 2.30. The van der Waals surface area contributed by atoms with Gasteiger partial charge in [-0.2, -0.15) is 0 Å². The number of carbonyl (C=O) groups excluding carboxylic acids is 1. The van der Waals surface area contributed by atoms with E-state index in [0.29, 0.717) is 19.7 Å². The molecule has 24 heavy (non-hydrogen) atoms. The molecule has 0 saturated carbocycles. The van der Waals surface area contributed by atoms with E-state index in [1.165, 1.54) is 0 Å². The first-order chi connectivity index (χ1) is 11.3. The smallest absolute Gasteiger partial charge is 0.410 e. The summed E-state index contributed by atoms with van der Waals surface area (Å²) in [5, 5.41) is 0. The highest BCUT2D eigenvalue weighted by molar-refractivity contribution is 5.68. The Morgan fingerprint density at radius 1 is 1.33 bits per heavy atom. The molecule has 1 aliphatic heterocycles. The van der Waals surface area contributed by atoms with Gasteiger partial charge in [0.05, 0.1) is 6.61 Å². The minimum Gasteiger partial charge on any atom is -0.444 e. The van der Waals surface area contributed by atoms with E-state index in [1.807, 2.05) is 26.8 Å². The standard InChI is InChI=1S/C17H28N4O3/c1-13-11-20(16(22)24-17(2,3)4)7-8-21(13)15-10-14(6-9-23-5)18-12-19-15/h10,12-13H,6-9,11H2,1-5H3/t13-/m1/s1. The number of anilines is 1. The maximum atomic E-state index is 12.2. The number of ether oxygens (including phenoxy) is 2. The molecule has 0 N–H and O–H groups in total. The second-order valence-electron chi connectivity index (χ2n) is 7.08. The first kappa shape index (κ1) is 18.4. The second kappa shape index (κ2) is 7.79. The van der Waals surface area contributed by atoms with Crippen molar-refractivity contribution in [3.8, 4) is 0 Å². The highest BCUT2D eigenvalue weighted by atomic mass is 16.6. The van der Waals surface area contributed by atoms with Crippen LogP contribution in [0.4, 0.5) is 10.6 Å². The molecule has 7 heteroatoms. The van der Waals surface area contributed by atoms with E-state index in [1.54, 1.807) is 18.3 Å². The lowest BCUT2D eigenvalue weighted by molar-refractivity contribution is 0.0218. The number of piperazine rings is 1. The molecule has 1 aromatic rings. The molecular weight excluding hydrogens is 308 g/mol. The van der Waals surface area contributed by atoms with Crippen molar-refractivity contribution in [2.24, 2.45) is 0 Å². The molecule has 2 rings (SSSR count). The number of aromatic nitrogens is 2. The number of rotatable bonds is 4. The fraction of sp³-hybridized carbons (Fsp3) is 0.706. The van der Waals surface area contributed by atoms with Gasteiger partial charge in [0, 0.05) is 51.0 Å². The van der Waals surface area contributed by atoms with Crippen molar-refractivity contribution < 1.29 is 14.3 Å². The number of hydrogen-bond donors (Lipinski definition) is 0. The first-order valence-corrected chi connectivity index (χ1v) is 8.34. The lowest BCUT2D eigenvalue weighted by atomic mass is 10.2. The van der Waals surface area contributed by atoms with Gasteiger partial charge < -0.3 is 19.3 Å². The van der Waals surface area contributed by atoms with E-state index in [0.717, 1.165) is 24.5 Å². The summed E-state index contributed by atoms with van der Waals surface area (Å²) in [7, 11) is 1.68. The van der Waals surface area contributed by atoms with Crippen LogP contribution in [0.15, 0.2) is 12.4 Å². The van der Waals surface area contributed by atoms with E-state index in [9.17, 15) is 4.79 Å². The Balaban J connectivity index is 1.99. The number of hydrogen-bond acceptors (Lipinski definition) is 6. The maximum Gasteiger partial charge on any atom is 0.410 e. The maximum absolute atomic E-state index is 12.2. The molecule has 1 amide bonds. The number of amides is 1. The molecule has 0 aromatic carbocycles. The van der Waals surface area contributed by atoms with Gasteiger partial charge in [0.1, 0.15) is 17.7 Å². The van der Waals surface area contributed by atoms with Crippen LogP contribution in [-0.2, 0) is 15.9 Å². The van der Waals surface area contributed by atoms with Gasteiger partial charge in [-0.25, -0.2) is 14.8 Å². The van der Waals surface area contributed by atoms with E-state index < -0.39 is 5.60 Å². The Bertz CT molecular complexity index is 559. The molecule has 0 bridgehead atoms. The van der Waals surface area contributed by atoms with E-state index >= 15 is 0 Å². The topological polar surface area (TPSA) is 67.8 Å². The van der Waals surface area contributed by atoms with Gasteiger partial charge in [0.25, 0.3) is 0 Å².